The van der Waals surface area contributed by atoms with Gasteiger partial charge in [-0.15, -0.1) is 0 Å². The van der Waals surface area contributed by atoms with Crippen molar-refractivity contribution in [1.82, 2.24) is 0 Å². The van der Waals surface area contributed by atoms with Crippen LogP contribution in [0.3, 0.4) is 0 Å². The summed E-state index contributed by atoms with van der Waals surface area (Å²) in [4.78, 5) is 11.5. The zero-order valence-electron chi connectivity index (χ0n) is 10.7. The molecular formula is C14H22O3. The Morgan fingerprint density at radius 2 is 2.24 bits per heavy atom. The molecular weight excluding hydrogens is 216 g/mol. The van der Waals surface area contributed by atoms with Crippen LogP contribution in [0.15, 0.2) is 11.6 Å². The number of ether oxygens (including phenoxy) is 1. The molecule has 4 atom stereocenters. The monoisotopic (exact) mass is 238 g/mol. The number of carbonyl (C=O) groups is 1. The Labute approximate surface area is 103 Å². The van der Waals surface area contributed by atoms with Gasteiger partial charge in [-0.3, -0.25) is 4.79 Å². The molecule has 96 valence electrons. The number of aliphatic hydroxyl groups is 1. The first-order chi connectivity index (χ1) is 8.13. The molecule has 1 fully saturated rings. The minimum Gasteiger partial charge on any atom is -0.462 e. The molecule has 0 bridgehead atoms. The van der Waals surface area contributed by atoms with Crippen molar-refractivity contribution >= 4 is 5.97 Å². The van der Waals surface area contributed by atoms with Gasteiger partial charge in [-0.25, -0.2) is 0 Å². The van der Waals surface area contributed by atoms with Crippen LogP contribution in [0, 0.1) is 17.8 Å². The van der Waals surface area contributed by atoms with Crippen molar-refractivity contribution in [3.05, 3.63) is 11.6 Å². The average molecular weight is 238 g/mol. The van der Waals surface area contributed by atoms with Crippen LogP contribution >= 0.6 is 0 Å². The van der Waals surface area contributed by atoms with Gasteiger partial charge in [-0.05, 0) is 31.6 Å². The topological polar surface area (TPSA) is 46.5 Å². The Morgan fingerprint density at radius 3 is 2.94 bits per heavy atom. The van der Waals surface area contributed by atoms with Crippen LogP contribution in [0.4, 0.5) is 0 Å². The largest absolute Gasteiger partial charge is 0.462 e. The van der Waals surface area contributed by atoms with Crippen LogP contribution in [-0.2, 0) is 9.53 Å². The molecule has 0 spiro atoms. The van der Waals surface area contributed by atoms with Crippen molar-refractivity contribution in [1.29, 1.82) is 0 Å². The third-order valence-electron chi connectivity index (χ3n) is 4.25. The summed E-state index contributed by atoms with van der Waals surface area (Å²) in [6.07, 6.45) is 6.08. The van der Waals surface area contributed by atoms with Gasteiger partial charge in [0.15, 0.2) is 0 Å². The third kappa shape index (κ3) is 2.54. The number of hydrogen-bond donors (Lipinski definition) is 1. The van der Waals surface area contributed by atoms with Gasteiger partial charge in [-0.1, -0.05) is 25.5 Å². The fourth-order valence-electron chi connectivity index (χ4n) is 3.04. The van der Waals surface area contributed by atoms with Crippen LogP contribution in [0.5, 0.6) is 0 Å². The molecule has 1 aliphatic carbocycles. The number of aliphatic hydroxyl groups excluding tert-OH is 1. The number of rotatable bonds is 3. The number of allylic oxidation sites excluding steroid dienone is 2. The lowest BCUT2D eigenvalue weighted by molar-refractivity contribution is -0.144. The molecule has 17 heavy (non-hydrogen) atoms. The zero-order chi connectivity index (χ0) is 12.4. The molecule has 1 N–H and O–H groups in total. The van der Waals surface area contributed by atoms with Gasteiger partial charge in [0.25, 0.3) is 0 Å². The van der Waals surface area contributed by atoms with Crippen molar-refractivity contribution in [3.63, 3.8) is 0 Å². The lowest BCUT2D eigenvalue weighted by Crippen LogP contribution is -2.19. The fourth-order valence-corrected chi connectivity index (χ4v) is 3.04. The second-order valence-corrected chi connectivity index (χ2v) is 5.41. The number of esters is 1. The molecule has 3 nitrogen and oxygen atoms in total. The highest BCUT2D eigenvalue weighted by molar-refractivity contribution is 5.74. The Kier molecular flexibility index (Phi) is 3.87. The highest BCUT2D eigenvalue weighted by atomic mass is 16.6. The van der Waals surface area contributed by atoms with Gasteiger partial charge in [-0.2, -0.15) is 0 Å². The zero-order valence-corrected chi connectivity index (χ0v) is 10.7. The van der Waals surface area contributed by atoms with E-state index in [9.17, 15) is 4.79 Å². The van der Waals surface area contributed by atoms with Crippen molar-refractivity contribution in [2.24, 2.45) is 17.8 Å². The standard InChI is InChI=1S/C14H22O3/c1-9-8-13-12(10(2)14(16)17-13)6-5-11(9)4-3-7-15/h5,9-10,12-13,15H,3-4,6-8H2,1-2H3/t9-,10-,12+,13+/m0/s1. The molecule has 2 rings (SSSR count). The summed E-state index contributed by atoms with van der Waals surface area (Å²) >= 11 is 0. The second kappa shape index (κ2) is 5.21. The van der Waals surface area contributed by atoms with Crippen LogP contribution in [0.25, 0.3) is 0 Å². The normalized spacial score (nSPS) is 37.1. The molecule has 1 aliphatic heterocycles. The van der Waals surface area contributed by atoms with E-state index in [1.807, 2.05) is 6.92 Å². The minimum atomic E-state index is -0.0283. The van der Waals surface area contributed by atoms with E-state index in [4.69, 9.17) is 9.84 Å². The molecule has 0 unspecified atom stereocenters. The van der Waals surface area contributed by atoms with Crippen LogP contribution < -0.4 is 0 Å². The lowest BCUT2D eigenvalue weighted by atomic mass is 9.87. The van der Waals surface area contributed by atoms with E-state index < -0.39 is 0 Å². The second-order valence-electron chi connectivity index (χ2n) is 5.41. The first-order valence-corrected chi connectivity index (χ1v) is 6.63. The van der Waals surface area contributed by atoms with E-state index >= 15 is 0 Å². The summed E-state index contributed by atoms with van der Waals surface area (Å²) in [5, 5.41) is 8.90. The first-order valence-electron chi connectivity index (χ1n) is 6.63. The maximum atomic E-state index is 11.5. The maximum absolute atomic E-state index is 11.5. The molecule has 0 aromatic heterocycles. The van der Waals surface area contributed by atoms with E-state index in [2.05, 4.69) is 13.0 Å². The first kappa shape index (κ1) is 12.6. The third-order valence-corrected chi connectivity index (χ3v) is 4.25. The van der Waals surface area contributed by atoms with Gasteiger partial charge in [0.2, 0.25) is 0 Å². The molecule has 0 aromatic carbocycles. The predicted octanol–water partition coefficient (Wildman–Crippen LogP) is 2.29. The SMILES string of the molecule is C[C@@H]1C(=O)O[C@@H]2C[C@H](C)C(CCCO)=CC[C@H]12. The predicted molar refractivity (Wildman–Crippen MR) is 65.3 cm³/mol. The highest BCUT2D eigenvalue weighted by Gasteiger charge is 2.42. The van der Waals surface area contributed by atoms with Crippen LogP contribution in [0.1, 0.15) is 39.5 Å². The highest BCUT2D eigenvalue weighted by Crippen LogP contribution is 2.39. The van der Waals surface area contributed by atoms with Crippen LogP contribution in [0.2, 0.25) is 0 Å². The molecule has 3 heteroatoms. The Morgan fingerprint density at radius 1 is 1.47 bits per heavy atom. The van der Waals surface area contributed by atoms with E-state index in [-0.39, 0.29) is 24.6 Å². The quantitative estimate of drug-likeness (QED) is 0.606. The van der Waals surface area contributed by atoms with Crippen molar-refractivity contribution in [3.8, 4) is 0 Å². The number of fused-ring (bicyclic) bond motifs is 1. The van der Waals surface area contributed by atoms with E-state index in [1.54, 1.807) is 0 Å². The molecule has 1 saturated heterocycles. The van der Waals surface area contributed by atoms with E-state index in [1.165, 1.54) is 5.57 Å². The Hall–Kier alpha value is -0.830. The van der Waals surface area contributed by atoms with Gasteiger partial charge >= 0.3 is 5.97 Å². The smallest absolute Gasteiger partial charge is 0.309 e. The Balaban J connectivity index is 2.06. The van der Waals surface area contributed by atoms with Crippen LogP contribution in [-0.4, -0.2) is 23.8 Å². The summed E-state index contributed by atoms with van der Waals surface area (Å²) in [5.74, 6) is 0.839. The lowest BCUT2D eigenvalue weighted by Gasteiger charge is -2.18. The minimum absolute atomic E-state index is 0.0283. The molecule has 0 amide bonds. The summed E-state index contributed by atoms with van der Waals surface area (Å²) < 4.78 is 5.46. The molecule has 2 aliphatic rings. The number of hydrogen-bond acceptors (Lipinski definition) is 3. The van der Waals surface area contributed by atoms with Crippen molar-refractivity contribution < 1.29 is 14.6 Å². The average Bonchev–Trinajstić information content (AvgIpc) is 2.47. The summed E-state index contributed by atoms with van der Waals surface area (Å²) in [6.45, 7) is 4.43. The van der Waals surface area contributed by atoms with E-state index in [0.717, 1.165) is 25.7 Å². The molecule has 1 heterocycles. The maximum Gasteiger partial charge on any atom is 0.309 e. The van der Waals surface area contributed by atoms with Gasteiger partial charge in [0, 0.05) is 12.5 Å². The summed E-state index contributed by atoms with van der Waals surface area (Å²) in [5.41, 5.74) is 1.43. The number of carbonyl (C=O) groups excluding carboxylic acids is 1. The molecule has 0 aromatic rings. The molecule has 0 radical (unpaired) electrons. The van der Waals surface area contributed by atoms with Crippen molar-refractivity contribution in [2.45, 2.75) is 45.6 Å². The van der Waals surface area contributed by atoms with Gasteiger partial charge in [0.1, 0.15) is 6.10 Å². The van der Waals surface area contributed by atoms with E-state index in [0.29, 0.717) is 11.8 Å². The summed E-state index contributed by atoms with van der Waals surface area (Å²) in [6, 6.07) is 0. The van der Waals surface area contributed by atoms with Gasteiger partial charge < -0.3 is 9.84 Å². The van der Waals surface area contributed by atoms with Gasteiger partial charge in [0.05, 0.1) is 5.92 Å². The fraction of sp³-hybridized carbons (Fsp3) is 0.786. The van der Waals surface area contributed by atoms with Crippen molar-refractivity contribution in [2.75, 3.05) is 6.61 Å². The molecule has 0 saturated carbocycles. The summed E-state index contributed by atoms with van der Waals surface area (Å²) in [7, 11) is 0. The Bertz CT molecular complexity index is 321.